The molecule has 0 radical (unpaired) electrons. The number of amides is 1. The van der Waals surface area contributed by atoms with Crippen LogP contribution in [0.1, 0.15) is 41.0 Å². The van der Waals surface area contributed by atoms with E-state index in [1.807, 2.05) is 12.1 Å². The number of nitriles is 1. The number of aromatic nitrogens is 1. The quantitative estimate of drug-likeness (QED) is 0.923. The summed E-state index contributed by atoms with van der Waals surface area (Å²) in [4.78, 5) is 12.5. The Balaban J connectivity index is 1.95. The van der Waals surface area contributed by atoms with Gasteiger partial charge in [-0.15, -0.1) is 0 Å². The molecule has 0 saturated carbocycles. The lowest BCUT2D eigenvalue weighted by molar-refractivity contribution is 0.102. The van der Waals surface area contributed by atoms with E-state index in [1.165, 1.54) is 0 Å². The molecule has 3 rings (SSSR count). The third-order valence-corrected chi connectivity index (χ3v) is 4.62. The monoisotopic (exact) mass is 313 g/mol. The molecule has 1 N–H and O–H groups in total. The molecule has 5 nitrogen and oxygen atoms in total. The SMILES string of the molecule is Cc1nsc(NC(=O)c2cccc3c2OCC3(C)C)c1C#N. The standard InChI is InChI=1S/C16H15N3O2S/c1-9-11(7-17)15(22-19-9)18-14(20)10-5-4-6-12-13(10)21-8-16(12,2)3/h4-6H,8H2,1-3H3,(H,18,20). The molecule has 22 heavy (non-hydrogen) atoms. The van der Waals surface area contributed by atoms with Crippen LogP contribution in [-0.2, 0) is 5.41 Å². The summed E-state index contributed by atoms with van der Waals surface area (Å²) in [7, 11) is 0. The second kappa shape index (κ2) is 5.11. The summed E-state index contributed by atoms with van der Waals surface area (Å²) in [6, 6.07) is 7.64. The molecule has 1 amide bonds. The molecule has 0 unspecified atom stereocenters. The number of fused-ring (bicyclic) bond motifs is 1. The van der Waals surface area contributed by atoms with Crippen LogP contribution in [0.4, 0.5) is 5.00 Å². The number of benzene rings is 1. The van der Waals surface area contributed by atoms with E-state index in [2.05, 4.69) is 29.6 Å². The molecule has 0 saturated heterocycles. The second-order valence-corrected chi connectivity index (χ2v) is 6.67. The Morgan fingerprint density at radius 3 is 3.00 bits per heavy atom. The van der Waals surface area contributed by atoms with Crippen LogP contribution in [0.5, 0.6) is 5.75 Å². The molecule has 1 aliphatic rings. The number of ether oxygens (including phenoxy) is 1. The first-order chi connectivity index (χ1) is 10.4. The van der Waals surface area contributed by atoms with Crippen LogP contribution < -0.4 is 10.1 Å². The van der Waals surface area contributed by atoms with Gasteiger partial charge in [-0.2, -0.15) is 9.64 Å². The zero-order valence-electron chi connectivity index (χ0n) is 12.6. The van der Waals surface area contributed by atoms with Gasteiger partial charge in [-0.25, -0.2) is 0 Å². The molecule has 0 atom stereocenters. The summed E-state index contributed by atoms with van der Waals surface area (Å²) in [5, 5.41) is 12.4. The van der Waals surface area contributed by atoms with E-state index in [-0.39, 0.29) is 11.3 Å². The minimum Gasteiger partial charge on any atom is -0.492 e. The van der Waals surface area contributed by atoms with Gasteiger partial charge in [0.15, 0.2) is 0 Å². The van der Waals surface area contributed by atoms with E-state index in [1.54, 1.807) is 13.0 Å². The number of nitrogens with zero attached hydrogens (tertiary/aromatic N) is 2. The lowest BCUT2D eigenvalue weighted by Gasteiger charge is -2.15. The molecular formula is C16H15N3O2S. The highest BCUT2D eigenvalue weighted by Gasteiger charge is 2.34. The van der Waals surface area contributed by atoms with Gasteiger partial charge >= 0.3 is 0 Å². The van der Waals surface area contributed by atoms with E-state index < -0.39 is 0 Å². The van der Waals surface area contributed by atoms with Gasteiger partial charge in [0.25, 0.3) is 5.91 Å². The van der Waals surface area contributed by atoms with Crippen LogP contribution in [-0.4, -0.2) is 16.9 Å². The summed E-state index contributed by atoms with van der Waals surface area (Å²) in [6.45, 7) is 6.47. The van der Waals surface area contributed by atoms with Crippen molar-refractivity contribution >= 4 is 22.4 Å². The second-order valence-electron chi connectivity index (χ2n) is 5.89. The highest BCUT2D eigenvalue weighted by molar-refractivity contribution is 7.10. The Kier molecular flexibility index (Phi) is 3.38. The van der Waals surface area contributed by atoms with E-state index in [9.17, 15) is 4.79 Å². The molecule has 1 aliphatic heterocycles. The Hall–Kier alpha value is -2.39. The first kappa shape index (κ1) is 14.5. The van der Waals surface area contributed by atoms with Crippen LogP contribution in [0.2, 0.25) is 0 Å². The first-order valence-electron chi connectivity index (χ1n) is 6.88. The highest BCUT2D eigenvalue weighted by atomic mass is 32.1. The van der Waals surface area contributed by atoms with Gasteiger partial charge in [0.05, 0.1) is 17.9 Å². The van der Waals surface area contributed by atoms with Crippen molar-refractivity contribution in [3.05, 3.63) is 40.6 Å². The van der Waals surface area contributed by atoms with Crippen LogP contribution >= 0.6 is 11.5 Å². The maximum atomic E-state index is 12.5. The molecule has 0 spiro atoms. The molecule has 112 valence electrons. The van der Waals surface area contributed by atoms with Crippen molar-refractivity contribution in [1.82, 2.24) is 4.37 Å². The van der Waals surface area contributed by atoms with E-state index >= 15 is 0 Å². The van der Waals surface area contributed by atoms with Gasteiger partial charge in [-0.05, 0) is 24.5 Å². The minimum atomic E-state index is -0.283. The number of anilines is 1. The largest absolute Gasteiger partial charge is 0.492 e. The first-order valence-corrected chi connectivity index (χ1v) is 7.65. The van der Waals surface area contributed by atoms with Crippen molar-refractivity contribution in [3.63, 3.8) is 0 Å². The zero-order valence-corrected chi connectivity index (χ0v) is 13.4. The molecule has 0 aliphatic carbocycles. The molecule has 6 heteroatoms. The van der Waals surface area contributed by atoms with Crippen molar-refractivity contribution in [2.45, 2.75) is 26.2 Å². The number of rotatable bonds is 2. The fraction of sp³-hybridized carbons (Fsp3) is 0.312. The number of para-hydroxylation sites is 1. The van der Waals surface area contributed by atoms with E-state index in [0.717, 1.165) is 17.1 Å². The fourth-order valence-corrected chi connectivity index (χ4v) is 3.23. The van der Waals surface area contributed by atoms with Gasteiger partial charge in [0.1, 0.15) is 22.4 Å². The summed E-state index contributed by atoms with van der Waals surface area (Å²) >= 11 is 1.11. The topological polar surface area (TPSA) is 75.0 Å². The van der Waals surface area contributed by atoms with Crippen molar-refractivity contribution < 1.29 is 9.53 Å². The maximum absolute atomic E-state index is 12.5. The van der Waals surface area contributed by atoms with Crippen molar-refractivity contribution in [3.8, 4) is 11.8 Å². The normalized spacial score (nSPS) is 14.8. The molecule has 1 aromatic carbocycles. The molecular weight excluding hydrogens is 298 g/mol. The number of hydrogen-bond acceptors (Lipinski definition) is 5. The van der Waals surface area contributed by atoms with Crippen LogP contribution in [0.3, 0.4) is 0 Å². The summed E-state index contributed by atoms with van der Waals surface area (Å²) in [5.41, 5.74) is 2.44. The van der Waals surface area contributed by atoms with Gasteiger partial charge in [-0.3, -0.25) is 4.79 Å². The molecule has 1 aromatic heterocycles. The van der Waals surface area contributed by atoms with Crippen molar-refractivity contribution in [2.24, 2.45) is 0 Å². The Morgan fingerprint density at radius 2 is 2.27 bits per heavy atom. The number of aryl methyl sites for hydroxylation is 1. The number of carbonyl (C=O) groups is 1. The molecule has 0 bridgehead atoms. The third-order valence-electron chi connectivity index (χ3n) is 3.77. The molecule has 2 heterocycles. The van der Waals surface area contributed by atoms with E-state index in [0.29, 0.717) is 34.2 Å². The van der Waals surface area contributed by atoms with Gasteiger partial charge in [-0.1, -0.05) is 26.0 Å². The third kappa shape index (κ3) is 2.24. The van der Waals surface area contributed by atoms with Crippen LogP contribution in [0.15, 0.2) is 18.2 Å². The zero-order chi connectivity index (χ0) is 15.9. The van der Waals surface area contributed by atoms with Crippen molar-refractivity contribution in [2.75, 3.05) is 11.9 Å². The maximum Gasteiger partial charge on any atom is 0.260 e. The molecule has 2 aromatic rings. The van der Waals surface area contributed by atoms with Gasteiger partial charge < -0.3 is 10.1 Å². The minimum absolute atomic E-state index is 0.107. The fourth-order valence-electron chi connectivity index (χ4n) is 2.49. The summed E-state index contributed by atoms with van der Waals surface area (Å²) in [5.74, 6) is 0.347. The predicted molar refractivity (Wildman–Crippen MR) is 84.5 cm³/mol. The number of carbonyl (C=O) groups excluding carboxylic acids is 1. The van der Waals surface area contributed by atoms with Crippen LogP contribution in [0.25, 0.3) is 0 Å². The van der Waals surface area contributed by atoms with E-state index in [4.69, 9.17) is 10.00 Å². The smallest absolute Gasteiger partial charge is 0.260 e. The Morgan fingerprint density at radius 1 is 1.50 bits per heavy atom. The summed E-state index contributed by atoms with van der Waals surface area (Å²) < 4.78 is 9.83. The highest BCUT2D eigenvalue weighted by Crippen LogP contribution is 2.40. The van der Waals surface area contributed by atoms with Crippen LogP contribution in [0, 0.1) is 18.3 Å². The Bertz CT molecular complexity index is 802. The average Bonchev–Trinajstić information content (AvgIpc) is 2.99. The predicted octanol–water partition coefficient (Wildman–Crippen LogP) is 3.25. The lowest BCUT2D eigenvalue weighted by atomic mass is 9.86. The summed E-state index contributed by atoms with van der Waals surface area (Å²) in [6.07, 6.45) is 0. The van der Waals surface area contributed by atoms with Gasteiger partial charge in [0, 0.05) is 11.0 Å². The average molecular weight is 313 g/mol. The number of hydrogen-bond donors (Lipinski definition) is 1. The van der Waals surface area contributed by atoms with Crippen molar-refractivity contribution in [1.29, 1.82) is 5.26 Å². The number of nitrogens with one attached hydrogen (secondary N) is 1. The van der Waals surface area contributed by atoms with Gasteiger partial charge in [0.2, 0.25) is 0 Å². The molecule has 0 fully saturated rings. The lowest BCUT2D eigenvalue weighted by Crippen LogP contribution is -2.18. The Labute approximate surface area is 132 Å².